The molecule has 2 nitrogen and oxygen atoms in total. The summed E-state index contributed by atoms with van der Waals surface area (Å²) in [6.45, 7) is 10.1. The van der Waals surface area contributed by atoms with Gasteiger partial charge in [0, 0.05) is 40.3 Å². The van der Waals surface area contributed by atoms with Crippen LogP contribution in [0, 0.1) is 0 Å². The summed E-state index contributed by atoms with van der Waals surface area (Å²) in [6, 6.07) is 20.1. The van der Waals surface area contributed by atoms with E-state index in [0.717, 1.165) is 9.79 Å². The molecular formula is C20H24O2S2. The molecule has 4 heteroatoms. The summed E-state index contributed by atoms with van der Waals surface area (Å²) in [5.41, 5.74) is -0.845. The van der Waals surface area contributed by atoms with Crippen molar-refractivity contribution in [2.75, 3.05) is 0 Å². The predicted octanol–water partition coefficient (Wildman–Crippen LogP) is 6.55. The van der Waals surface area contributed by atoms with E-state index >= 15 is 0 Å². The highest BCUT2D eigenvalue weighted by Crippen LogP contribution is 2.36. The maximum Gasteiger partial charge on any atom is 0.101 e. The van der Waals surface area contributed by atoms with E-state index in [2.05, 4.69) is 20.4 Å². The molecule has 0 N–H and O–H groups in total. The first kappa shape index (κ1) is 19.1. The van der Waals surface area contributed by atoms with E-state index in [1.807, 2.05) is 73.7 Å². The Morgan fingerprint density at radius 3 is 1.75 bits per heavy atom. The minimum atomic E-state index is -0.485. The Hall–Kier alpha value is -1.20. The zero-order valence-electron chi connectivity index (χ0n) is 14.4. The molecule has 128 valence electrons. The van der Waals surface area contributed by atoms with E-state index in [4.69, 9.17) is 8.37 Å². The quantitative estimate of drug-likeness (QED) is 0.373. The van der Waals surface area contributed by atoms with E-state index in [9.17, 15) is 0 Å². The molecule has 0 spiro atoms. The summed E-state index contributed by atoms with van der Waals surface area (Å²) in [6.07, 6.45) is 2.55. The Labute approximate surface area is 154 Å². The Kier molecular flexibility index (Phi) is 6.99. The fourth-order valence-electron chi connectivity index (χ4n) is 2.27. The fourth-order valence-corrected chi connectivity index (χ4v) is 3.60. The molecule has 0 saturated carbocycles. The summed E-state index contributed by atoms with van der Waals surface area (Å²) in [5.74, 6) is 0. The molecule has 0 heterocycles. The van der Waals surface area contributed by atoms with Gasteiger partial charge in [-0.1, -0.05) is 42.5 Å². The standard InChI is InChI=1S/C20H24O2S2/c1-5-20(4,22-24-18-14-10-7-11-15-18)16-19(2,3)21-23-17-12-8-6-9-13-17/h5-15H,1,16H2,2-4H3. The van der Waals surface area contributed by atoms with Gasteiger partial charge in [-0.15, -0.1) is 6.58 Å². The van der Waals surface area contributed by atoms with Gasteiger partial charge in [0.2, 0.25) is 0 Å². The highest BCUT2D eigenvalue weighted by Gasteiger charge is 2.33. The van der Waals surface area contributed by atoms with Gasteiger partial charge in [0.1, 0.15) is 5.60 Å². The van der Waals surface area contributed by atoms with Crippen molar-refractivity contribution in [1.29, 1.82) is 0 Å². The van der Waals surface area contributed by atoms with Crippen molar-refractivity contribution in [1.82, 2.24) is 0 Å². The van der Waals surface area contributed by atoms with Crippen molar-refractivity contribution in [2.24, 2.45) is 0 Å². The van der Waals surface area contributed by atoms with Gasteiger partial charge in [-0.05, 0) is 45.0 Å². The lowest BCUT2D eigenvalue weighted by molar-refractivity contribution is 0.0454. The van der Waals surface area contributed by atoms with Crippen LogP contribution in [0.1, 0.15) is 27.2 Å². The minimum absolute atomic E-state index is 0.360. The zero-order valence-corrected chi connectivity index (χ0v) is 16.0. The van der Waals surface area contributed by atoms with Crippen molar-refractivity contribution in [3.63, 3.8) is 0 Å². The van der Waals surface area contributed by atoms with E-state index in [-0.39, 0.29) is 5.60 Å². The number of benzene rings is 2. The molecule has 0 aliphatic carbocycles. The monoisotopic (exact) mass is 360 g/mol. The average Bonchev–Trinajstić information content (AvgIpc) is 2.60. The largest absolute Gasteiger partial charge is 0.304 e. The van der Waals surface area contributed by atoms with Crippen LogP contribution in [-0.2, 0) is 8.37 Å². The van der Waals surface area contributed by atoms with Crippen molar-refractivity contribution in [3.8, 4) is 0 Å². The van der Waals surface area contributed by atoms with Crippen LogP contribution in [-0.4, -0.2) is 11.2 Å². The lowest BCUT2D eigenvalue weighted by Crippen LogP contribution is -2.35. The minimum Gasteiger partial charge on any atom is -0.304 e. The first-order chi connectivity index (χ1) is 11.4. The highest BCUT2D eigenvalue weighted by atomic mass is 32.2. The van der Waals surface area contributed by atoms with Crippen LogP contribution in [0.3, 0.4) is 0 Å². The SMILES string of the molecule is C=CC(C)(CC(C)(C)OSc1ccccc1)OSc1ccccc1. The van der Waals surface area contributed by atoms with Crippen LogP contribution in [0.2, 0.25) is 0 Å². The molecule has 2 rings (SSSR count). The lowest BCUT2D eigenvalue weighted by Gasteiger charge is -2.34. The van der Waals surface area contributed by atoms with Gasteiger partial charge in [0.15, 0.2) is 0 Å². The fraction of sp³-hybridized carbons (Fsp3) is 0.300. The molecule has 24 heavy (non-hydrogen) atoms. The summed E-state index contributed by atoms with van der Waals surface area (Å²) < 4.78 is 12.1. The zero-order chi connectivity index (χ0) is 17.5. The number of hydrogen-bond donors (Lipinski definition) is 0. The molecule has 1 unspecified atom stereocenters. The van der Waals surface area contributed by atoms with Gasteiger partial charge in [-0.3, -0.25) is 4.18 Å². The first-order valence-corrected chi connectivity index (χ1v) is 9.36. The smallest absolute Gasteiger partial charge is 0.101 e. The molecule has 2 aromatic carbocycles. The number of rotatable bonds is 9. The van der Waals surface area contributed by atoms with Crippen LogP contribution in [0.4, 0.5) is 0 Å². The summed E-state index contributed by atoms with van der Waals surface area (Å²) >= 11 is 2.77. The maximum atomic E-state index is 6.06. The Balaban J connectivity index is 1.92. The Morgan fingerprint density at radius 2 is 1.29 bits per heavy atom. The van der Waals surface area contributed by atoms with Gasteiger partial charge in [0.05, 0.1) is 5.60 Å². The second kappa shape index (κ2) is 8.77. The topological polar surface area (TPSA) is 18.5 Å². The second-order valence-electron chi connectivity index (χ2n) is 6.41. The summed E-state index contributed by atoms with van der Waals surface area (Å²) in [7, 11) is 0. The van der Waals surface area contributed by atoms with E-state index in [0.29, 0.717) is 6.42 Å². The molecule has 0 fully saturated rings. The number of hydrogen-bond acceptors (Lipinski definition) is 4. The average molecular weight is 361 g/mol. The molecule has 0 saturated heterocycles. The van der Waals surface area contributed by atoms with Crippen molar-refractivity contribution in [2.45, 2.75) is 48.2 Å². The Bertz CT molecular complexity index is 629. The van der Waals surface area contributed by atoms with Gasteiger partial charge >= 0.3 is 0 Å². The summed E-state index contributed by atoms with van der Waals surface area (Å²) in [4.78, 5) is 2.16. The van der Waals surface area contributed by atoms with E-state index in [1.54, 1.807) is 0 Å². The third-order valence-electron chi connectivity index (χ3n) is 3.39. The molecule has 0 bridgehead atoms. The first-order valence-electron chi connectivity index (χ1n) is 7.88. The van der Waals surface area contributed by atoms with Crippen LogP contribution in [0.15, 0.2) is 83.1 Å². The molecule has 0 radical (unpaired) electrons. The van der Waals surface area contributed by atoms with Crippen molar-refractivity contribution in [3.05, 3.63) is 73.3 Å². The normalized spacial score (nSPS) is 14.1. The summed E-state index contributed by atoms with van der Waals surface area (Å²) in [5, 5.41) is 0. The molecule has 0 aliphatic heterocycles. The molecular weight excluding hydrogens is 336 g/mol. The third-order valence-corrected chi connectivity index (χ3v) is 5.31. The van der Waals surface area contributed by atoms with Crippen molar-refractivity contribution < 1.29 is 8.37 Å². The molecule has 0 aromatic heterocycles. The molecule has 2 aromatic rings. The van der Waals surface area contributed by atoms with E-state index in [1.165, 1.54) is 24.1 Å². The van der Waals surface area contributed by atoms with Gasteiger partial charge in [0.25, 0.3) is 0 Å². The van der Waals surface area contributed by atoms with Gasteiger partial charge in [-0.2, -0.15) is 0 Å². The molecule has 1 atom stereocenters. The van der Waals surface area contributed by atoms with Gasteiger partial charge < -0.3 is 4.18 Å². The second-order valence-corrected chi connectivity index (χ2v) is 8.02. The van der Waals surface area contributed by atoms with Crippen LogP contribution in [0.25, 0.3) is 0 Å². The van der Waals surface area contributed by atoms with Crippen LogP contribution in [0.5, 0.6) is 0 Å². The van der Waals surface area contributed by atoms with Crippen molar-refractivity contribution >= 4 is 24.1 Å². The maximum absolute atomic E-state index is 6.06. The van der Waals surface area contributed by atoms with Crippen LogP contribution < -0.4 is 0 Å². The van der Waals surface area contributed by atoms with Crippen LogP contribution >= 0.6 is 24.1 Å². The molecule has 0 amide bonds. The molecule has 0 aliphatic rings. The Morgan fingerprint density at radius 1 is 0.833 bits per heavy atom. The predicted molar refractivity (Wildman–Crippen MR) is 104 cm³/mol. The van der Waals surface area contributed by atoms with Gasteiger partial charge in [-0.25, -0.2) is 0 Å². The lowest BCUT2D eigenvalue weighted by atomic mass is 9.91. The highest BCUT2D eigenvalue weighted by molar-refractivity contribution is 7.95. The third kappa shape index (κ3) is 6.36. The van der Waals surface area contributed by atoms with E-state index < -0.39 is 5.60 Å².